The summed E-state index contributed by atoms with van der Waals surface area (Å²) in [7, 11) is 0. The number of carbonyl (C=O) groups excluding carboxylic acids is 1. The Hall–Kier alpha value is -1.89. The minimum Gasteiger partial charge on any atom is -0.335 e. The van der Waals surface area contributed by atoms with Gasteiger partial charge in [-0.2, -0.15) is 5.10 Å². The molecular weight excluding hydrogens is 374 g/mol. The first-order chi connectivity index (χ1) is 12.9. The number of nitrogens with zero attached hydrogens (tertiary/aromatic N) is 3. The van der Waals surface area contributed by atoms with Gasteiger partial charge in [-0.05, 0) is 43.9 Å². The van der Waals surface area contributed by atoms with E-state index in [4.69, 9.17) is 11.6 Å². The number of halogens is 3. The predicted octanol–water partition coefficient (Wildman–Crippen LogP) is 4.61. The van der Waals surface area contributed by atoms with Gasteiger partial charge in [0.05, 0.1) is 17.8 Å². The lowest BCUT2D eigenvalue weighted by atomic mass is 9.92. The fraction of sp³-hybridized carbons (Fsp3) is 0.579. The molecular formula is C19H23ClF2N4O. The monoisotopic (exact) mass is 396 g/mol. The molecule has 0 bridgehead atoms. The molecule has 1 aliphatic heterocycles. The number of benzene rings is 1. The molecule has 2 aliphatic rings. The van der Waals surface area contributed by atoms with Crippen LogP contribution in [-0.4, -0.2) is 45.8 Å². The summed E-state index contributed by atoms with van der Waals surface area (Å²) in [5.41, 5.74) is 1.05. The Morgan fingerprint density at radius 2 is 1.89 bits per heavy atom. The van der Waals surface area contributed by atoms with Gasteiger partial charge < -0.3 is 10.2 Å². The maximum absolute atomic E-state index is 13.2. The van der Waals surface area contributed by atoms with E-state index in [9.17, 15) is 13.6 Å². The highest BCUT2D eigenvalue weighted by molar-refractivity contribution is 6.31. The first-order valence-corrected chi connectivity index (χ1v) is 9.85. The van der Waals surface area contributed by atoms with Crippen molar-refractivity contribution in [2.45, 2.75) is 56.5 Å². The van der Waals surface area contributed by atoms with Crippen LogP contribution in [0.1, 0.15) is 44.6 Å². The number of hydrogen-bond acceptors (Lipinski definition) is 2. The van der Waals surface area contributed by atoms with Crippen molar-refractivity contribution in [3.05, 3.63) is 29.4 Å². The fourth-order valence-electron chi connectivity index (χ4n) is 4.08. The van der Waals surface area contributed by atoms with E-state index in [0.29, 0.717) is 31.0 Å². The van der Waals surface area contributed by atoms with Crippen LogP contribution in [0.5, 0.6) is 0 Å². The highest BCUT2D eigenvalue weighted by Gasteiger charge is 2.36. The Labute approximate surface area is 161 Å². The molecule has 5 nitrogen and oxygen atoms in total. The summed E-state index contributed by atoms with van der Waals surface area (Å²) in [5, 5.41) is 9.13. The first-order valence-electron chi connectivity index (χ1n) is 9.47. The lowest BCUT2D eigenvalue weighted by Crippen LogP contribution is -2.49. The number of amides is 2. The molecule has 0 atom stereocenters. The summed E-state index contributed by atoms with van der Waals surface area (Å²) in [6, 6.07) is 5.69. The van der Waals surface area contributed by atoms with E-state index in [1.54, 1.807) is 4.90 Å². The van der Waals surface area contributed by atoms with E-state index < -0.39 is 5.92 Å². The Balaban J connectivity index is 1.32. The van der Waals surface area contributed by atoms with Gasteiger partial charge in [0.1, 0.15) is 0 Å². The number of carbonyl (C=O) groups is 1. The normalized spacial score (nSPS) is 21.5. The van der Waals surface area contributed by atoms with Gasteiger partial charge in [-0.3, -0.25) is 4.68 Å². The van der Waals surface area contributed by atoms with Crippen LogP contribution < -0.4 is 5.32 Å². The van der Waals surface area contributed by atoms with E-state index in [-0.39, 0.29) is 31.0 Å². The number of urea groups is 1. The van der Waals surface area contributed by atoms with Crippen molar-refractivity contribution in [3.8, 4) is 0 Å². The van der Waals surface area contributed by atoms with Gasteiger partial charge >= 0.3 is 6.03 Å². The number of piperidine rings is 1. The van der Waals surface area contributed by atoms with Crippen LogP contribution in [0.2, 0.25) is 5.02 Å². The second-order valence-corrected chi connectivity index (χ2v) is 8.03. The van der Waals surface area contributed by atoms with E-state index in [1.807, 2.05) is 29.1 Å². The minimum absolute atomic E-state index is 0.138. The van der Waals surface area contributed by atoms with E-state index in [0.717, 1.165) is 23.7 Å². The van der Waals surface area contributed by atoms with Crippen LogP contribution in [-0.2, 0) is 0 Å². The fourth-order valence-corrected chi connectivity index (χ4v) is 4.26. The minimum atomic E-state index is -2.57. The third-order valence-electron chi connectivity index (χ3n) is 5.70. The molecule has 8 heteroatoms. The maximum atomic E-state index is 13.2. The van der Waals surface area contributed by atoms with Crippen molar-refractivity contribution in [2.75, 3.05) is 13.1 Å². The SMILES string of the molecule is O=C(NC1CCC(F)(F)CC1)N1CCC(n2ncc3cc(Cl)ccc32)CC1. The summed E-state index contributed by atoms with van der Waals surface area (Å²) < 4.78 is 28.5. The van der Waals surface area contributed by atoms with Crippen molar-refractivity contribution >= 4 is 28.5 Å². The number of likely N-dealkylation sites (tertiary alicyclic amines) is 1. The van der Waals surface area contributed by atoms with Gasteiger partial charge in [0.2, 0.25) is 5.92 Å². The number of alkyl halides is 2. The highest BCUT2D eigenvalue weighted by Crippen LogP contribution is 2.33. The zero-order chi connectivity index (χ0) is 19.0. The van der Waals surface area contributed by atoms with Crippen LogP contribution in [0.4, 0.5) is 13.6 Å². The van der Waals surface area contributed by atoms with Gasteiger partial charge in [0, 0.05) is 42.4 Å². The molecule has 146 valence electrons. The van der Waals surface area contributed by atoms with Crippen molar-refractivity contribution in [1.82, 2.24) is 20.0 Å². The van der Waals surface area contributed by atoms with Crippen molar-refractivity contribution in [1.29, 1.82) is 0 Å². The Bertz CT molecular complexity index is 822. The number of rotatable bonds is 2. The zero-order valence-corrected chi connectivity index (χ0v) is 15.8. The quantitative estimate of drug-likeness (QED) is 0.805. The summed E-state index contributed by atoms with van der Waals surface area (Å²) >= 11 is 6.03. The van der Waals surface area contributed by atoms with E-state index in [2.05, 4.69) is 10.4 Å². The molecule has 1 aromatic heterocycles. The maximum Gasteiger partial charge on any atom is 0.317 e. The standard InChI is InChI=1S/C19H23ClF2N4O/c20-14-1-2-17-13(11-14)12-23-26(17)16-5-9-25(10-6-16)18(27)24-15-3-7-19(21,22)8-4-15/h1-2,11-12,15-16H,3-10H2,(H,24,27). The van der Waals surface area contributed by atoms with Gasteiger partial charge in [0.15, 0.2) is 0 Å². The molecule has 0 radical (unpaired) electrons. The van der Waals surface area contributed by atoms with Crippen molar-refractivity contribution < 1.29 is 13.6 Å². The molecule has 0 spiro atoms. The largest absolute Gasteiger partial charge is 0.335 e. The van der Waals surface area contributed by atoms with Gasteiger partial charge in [-0.1, -0.05) is 11.6 Å². The molecule has 4 rings (SSSR count). The molecule has 1 saturated heterocycles. The zero-order valence-electron chi connectivity index (χ0n) is 15.0. The van der Waals surface area contributed by atoms with Crippen LogP contribution in [0.15, 0.2) is 24.4 Å². The molecule has 2 fully saturated rings. The molecule has 0 unspecified atom stereocenters. The molecule has 27 heavy (non-hydrogen) atoms. The molecule has 2 amide bonds. The van der Waals surface area contributed by atoms with Gasteiger partial charge in [-0.15, -0.1) is 0 Å². The second kappa shape index (κ2) is 7.26. The second-order valence-electron chi connectivity index (χ2n) is 7.59. The van der Waals surface area contributed by atoms with Gasteiger partial charge in [0.25, 0.3) is 0 Å². The lowest BCUT2D eigenvalue weighted by Gasteiger charge is -2.35. The third kappa shape index (κ3) is 4.03. The van der Waals surface area contributed by atoms with Crippen LogP contribution in [0.3, 0.4) is 0 Å². The number of aromatic nitrogens is 2. The number of hydrogen-bond donors (Lipinski definition) is 1. The molecule has 1 saturated carbocycles. The molecule has 2 aromatic rings. The summed E-state index contributed by atoms with van der Waals surface area (Å²) in [4.78, 5) is 14.2. The molecule has 1 aliphatic carbocycles. The molecule has 1 aromatic carbocycles. The number of fused-ring (bicyclic) bond motifs is 1. The Morgan fingerprint density at radius 3 is 2.59 bits per heavy atom. The van der Waals surface area contributed by atoms with Crippen LogP contribution >= 0.6 is 11.6 Å². The summed E-state index contributed by atoms with van der Waals surface area (Å²) in [6.45, 7) is 1.27. The highest BCUT2D eigenvalue weighted by atomic mass is 35.5. The molecule has 2 heterocycles. The predicted molar refractivity (Wildman–Crippen MR) is 100 cm³/mol. The van der Waals surface area contributed by atoms with Gasteiger partial charge in [-0.25, -0.2) is 13.6 Å². The average molecular weight is 397 g/mol. The Kier molecular flexibility index (Phi) is 4.97. The lowest BCUT2D eigenvalue weighted by molar-refractivity contribution is -0.0398. The molecule has 1 N–H and O–H groups in total. The van der Waals surface area contributed by atoms with Crippen molar-refractivity contribution in [2.24, 2.45) is 0 Å². The van der Waals surface area contributed by atoms with Crippen LogP contribution in [0, 0.1) is 0 Å². The average Bonchev–Trinajstić information content (AvgIpc) is 3.06. The van der Waals surface area contributed by atoms with E-state index in [1.165, 1.54) is 0 Å². The first kappa shape index (κ1) is 18.5. The topological polar surface area (TPSA) is 50.2 Å². The summed E-state index contributed by atoms with van der Waals surface area (Å²) in [6.07, 6.45) is 3.85. The van der Waals surface area contributed by atoms with Crippen molar-refractivity contribution in [3.63, 3.8) is 0 Å². The smallest absolute Gasteiger partial charge is 0.317 e. The third-order valence-corrected chi connectivity index (χ3v) is 5.94. The van der Waals surface area contributed by atoms with Crippen LogP contribution in [0.25, 0.3) is 10.9 Å². The van der Waals surface area contributed by atoms with E-state index >= 15 is 0 Å². The Morgan fingerprint density at radius 1 is 1.19 bits per heavy atom. The summed E-state index contributed by atoms with van der Waals surface area (Å²) in [5.74, 6) is -2.57. The number of nitrogens with one attached hydrogen (secondary N) is 1.